The molecule has 5 heteroatoms. The van der Waals surface area contributed by atoms with Crippen molar-refractivity contribution in [3.63, 3.8) is 0 Å². The molecule has 1 aromatic rings. The topological polar surface area (TPSA) is 52.5 Å². The van der Waals surface area contributed by atoms with Gasteiger partial charge in [-0.1, -0.05) is 23.7 Å². The molecule has 0 aliphatic carbocycles. The van der Waals surface area contributed by atoms with Gasteiger partial charge in [0.25, 0.3) is 0 Å². The molecule has 0 aromatic heterocycles. The third kappa shape index (κ3) is 5.12. The fourth-order valence-corrected chi connectivity index (χ4v) is 1.92. The summed E-state index contributed by atoms with van der Waals surface area (Å²) in [4.78, 5) is 0. The second-order valence-electron chi connectivity index (χ2n) is 4.97. The van der Waals surface area contributed by atoms with E-state index in [9.17, 15) is 10.2 Å². The van der Waals surface area contributed by atoms with Crippen molar-refractivity contribution in [1.82, 2.24) is 5.32 Å². The standard InChI is InChI=1S/C13H20ClNO2.ClH/c1-9(15-13(2,3)8-16)12(17)10-5-4-6-11(14)7-10;/h4-7,9,12,15-17H,8H2,1-3H3;1H. The molecule has 1 aromatic carbocycles. The second kappa shape index (κ2) is 7.31. The van der Waals surface area contributed by atoms with E-state index in [0.717, 1.165) is 5.56 Å². The lowest BCUT2D eigenvalue weighted by Gasteiger charge is -2.31. The first-order valence-electron chi connectivity index (χ1n) is 5.68. The molecule has 0 aliphatic rings. The summed E-state index contributed by atoms with van der Waals surface area (Å²) in [6.45, 7) is 5.66. The lowest BCUT2D eigenvalue weighted by Crippen LogP contribution is -2.49. The van der Waals surface area contributed by atoms with Crippen molar-refractivity contribution in [2.24, 2.45) is 0 Å². The van der Waals surface area contributed by atoms with Crippen LogP contribution in [-0.2, 0) is 0 Å². The van der Waals surface area contributed by atoms with Gasteiger partial charge in [0, 0.05) is 16.6 Å². The van der Waals surface area contributed by atoms with Crippen LogP contribution >= 0.6 is 24.0 Å². The Morgan fingerprint density at radius 1 is 1.39 bits per heavy atom. The summed E-state index contributed by atoms with van der Waals surface area (Å²) in [5.41, 5.74) is 0.352. The summed E-state index contributed by atoms with van der Waals surface area (Å²) < 4.78 is 0. The molecule has 0 saturated heterocycles. The van der Waals surface area contributed by atoms with Gasteiger partial charge in [-0.25, -0.2) is 0 Å². The monoisotopic (exact) mass is 293 g/mol. The first-order valence-corrected chi connectivity index (χ1v) is 6.05. The van der Waals surface area contributed by atoms with Gasteiger partial charge < -0.3 is 15.5 Å². The quantitative estimate of drug-likeness (QED) is 0.782. The predicted octanol–water partition coefficient (Wildman–Crippen LogP) is 2.54. The minimum Gasteiger partial charge on any atom is -0.394 e. The first-order chi connectivity index (χ1) is 7.85. The van der Waals surface area contributed by atoms with E-state index >= 15 is 0 Å². The zero-order valence-electron chi connectivity index (χ0n) is 10.9. The van der Waals surface area contributed by atoms with Crippen LogP contribution in [0.15, 0.2) is 24.3 Å². The molecule has 0 saturated carbocycles. The Labute approximate surface area is 120 Å². The van der Waals surface area contributed by atoms with Crippen molar-refractivity contribution in [2.75, 3.05) is 6.61 Å². The molecule has 0 spiro atoms. The lowest BCUT2D eigenvalue weighted by atomic mass is 9.99. The third-order valence-corrected chi connectivity index (χ3v) is 2.91. The van der Waals surface area contributed by atoms with Crippen LogP contribution in [0, 0.1) is 0 Å². The number of hydrogen-bond donors (Lipinski definition) is 3. The molecule has 3 nitrogen and oxygen atoms in total. The Bertz CT molecular complexity index is 372. The molecule has 0 fully saturated rings. The molecule has 2 atom stereocenters. The van der Waals surface area contributed by atoms with Crippen LogP contribution in [-0.4, -0.2) is 28.4 Å². The van der Waals surface area contributed by atoms with E-state index in [0.29, 0.717) is 5.02 Å². The second-order valence-corrected chi connectivity index (χ2v) is 5.41. The van der Waals surface area contributed by atoms with Crippen LogP contribution < -0.4 is 5.32 Å². The van der Waals surface area contributed by atoms with Crippen LogP contribution in [0.5, 0.6) is 0 Å². The zero-order chi connectivity index (χ0) is 13.1. The van der Waals surface area contributed by atoms with Crippen molar-refractivity contribution in [2.45, 2.75) is 38.5 Å². The highest BCUT2D eigenvalue weighted by molar-refractivity contribution is 6.30. The number of rotatable bonds is 5. The molecule has 1 rings (SSSR count). The molecule has 0 bridgehead atoms. The van der Waals surface area contributed by atoms with Crippen LogP contribution in [0.2, 0.25) is 5.02 Å². The maximum Gasteiger partial charge on any atom is 0.0940 e. The number of benzene rings is 1. The van der Waals surface area contributed by atoms with E-state index in [1.807, 2.05) is 32.9 Å². The van der Waals surface area contributed by atoms with Crippen LogP contribution in [0.4, 0.5) is 0 Å². The summed E-state index contributed by atoms with van der Waals surface area (Å²) in [6, 6.07) is 6.99. The zero-order valence-corrected chi connectivity index (χ0v) is 12.4. The highest BCUT2D eigenvalue weighted by Crippen LogP contribution is 2.21. The van der Waals surface area contributed by atoms with Gasteiger partial charge in [0.15, 0.2) is 0 Å². The van der Waals surface area contributed by atoms with E-state index in [1.54, 1.807) is 12.1 Å². The first kappa shape index (κ1) is 17.7. The van der Waals surface area contributed by atoms with E-state index in [-0.39, 0.29) is 25.1 Å². The Hall–Kier alpha value is -0.320. The molecule has 0 radical (unpaired) electrons. The van der Waals surface area contributed by atoms with Gasteiger partial charge in [-0.05, 0) is 38.5 Å². The van der Waals surface area contributed by atoms with Gasteiger partial charge in [-0.15, -0.1) is 12.4 Å². The number of halogens is 2. The summed E-state index contributed by atoms with van der Waals surface area (Å²) >= 11 is 5.88. The van der Waals surface area contributed by atoms with E-state index in [4.69, 9.17) is 11.6 Å². The highest BCUT2D eigenvalue weighted by Gasteiger charge is 2.24. The summed E-state index contributed by atoms with van der Waals surface area (Å²) in [5, 5.41) is 23.1. The van der Waals surface area contributed by atoms with Crippen LogP contribution in [0.1, 0.15) is 32.4 Å². The maximum atomic E-state index is 10.2. The molecule has 2 unspecified atom stereocenters. The van der Waals surface area contributed by atoms with Gasteiger partial charge in [0.2, 0.25) is 0 Å². The molecular formula is C13H21Cl2NO2. The molecule has 0 aliphatic heterocycles. The summed E-state index contributed by atoms with van der Waals surface area (Å²) in [6.07, 6.45) is -0.653. The third-order valence-electron chi connectivity index (χ3n) is 2.68. The molecule has 0 amide bonds. The molecule has 104 valence electrons. The van der Waals surface area contributed by atoms with Gasteiger partial charge in [0.05, 0.1) is 12.7 Å². The number of aliphatic hydroxyl groups is 2. The predicted molar refractivity (Wildman–Crippen MR) is 77.4 cm³/mol. The Kier molecular flexibility index (Phi) is 7.18. The summed E-state index contributed by atoms with van der Waals surface area (Å²) in [5.74, 6) is 0. The number of nitrogens with one attached hydrogen (secondary N) is 1. The van der Waals surface area contributed by atoms with E-state index in [2.05, 4.69) is 5.32 Å². The number of hydrogen-bond acceptors (Lipinski definition) is 3. The minimum atomic E-state index is -0.653. The van der Waals surface area contributed by atoms with Crippen LogP contribution in [0.25, 0.3) is 0 Å². The van der Waals surface area contributed by atoms with Gasteiger partial charge >= 0.3 is 0 Å². The Morgan fingerprint density at radius 3 is 2.50 bits per heavy atom. The van der Waals surface area contributed by atoms with E-state index in [1.165, 1.54) is 0 Å². The SMILES string of the molecule is CC(NC(C)(C)CO)C(O)c1cccc(Cl)c1.Cl. The average molecular weight is 294 g/mol. The number of aliphatic hydroxyl groups excluding tert-OH is 2. The van der Waals surface area contributed by atoms with Crippen molar-refractivity contribution in [3.05, 3.63) is 34.9 Å². The average Bonchev–Trinajstić information content (AvgIpc) is 2.27. The normalized spacial score (nSPS) is 14.8. The smallest absolute Gasteiger partial charge is 0.0940 e. The van der Waals surface area contributed by atoms with Gasteiger partial charge in [-0.2, -0.15) is 0 Å². The van der Waals surface area contributed by atoms with Crippen molar-refractivity contribution >= 4 is 24.0 Å². The Morgan fingerprint density at radius 2 is 2.00 bits per heavy atom. The minimum absolute atomic E-state index is 0. The Balaban J connectivity index is 0.00000289. The largest absolute Gasteiger partial charge is 0.394 e. The fraction of sp³-hybridized carbons (Fsp3) is 0.538. The highest BCUT2D eigenvalue weighted by atomic mass is 35.5. The molecule has 0 heterocycles. The van der Waals surface area contributed by atoms with Gasteiger partial charge in [0.1, 0.15) is 0 Å². The lowest BCUT2D eigenvalue weighted by molar-refractivity contribution is 0.0991. The van der Waals surface area contributed by atoms with Gasteiger partial charge in [-0.3, -0.25) is 0 Å². The molecule has 18 heavy (non-hydrogen) atoms. The van der Waals surface area contributed by atoms with Crippen LogP contribution in [0.3, 0.4) is 0 Å². The summed E-state index contributed by atoms with van der Waals surface area (Å²) in [7, 11) is 0. The fourth-order valence-electron chi connectivity index (χ4n) is 1.72. The maximum absolute atomic E-state index is 10.2. The molecular weight excluding hydrogens is 273 g/mol. The van der Waals surface area contributed by atoms with E-state index < -0.39 is 11.6 Å². The van der Waals surface area contributed by atoms with Crippen molar-refractivity contribution < 1.29 is 10.2 Å². The van der Waals surface area contributed by atoms with Crippen molar-refractivity contribution in [3.8, 4) is 0 Å². The van der Waals surface area contributed by atoms with Crippen molar-refractivity contribution in [1.29, 1.82) is 0 Å². The molecule has 3 N–H and O–H groups in total.